The van der Waals surface area contributed by atoms with Crippen molar-refractivity contribution in [1.82, 2.24) is 0 Å². The minimum atomic E-state index is -0.0325. The van der Waals surface area contributed by atoms with E-state index in [0.717, 1.165) is 4.47 Å². The Morgan fingerprint density at radius 1 is 1.26 bits per heavy atom. The van der Waals surface area contributed by atoms with E-state index < -0.39 is 0 Å². The van der Waals surface area contributed by atoms with E-state index >= 15 is 0 Å². The molecule has 2 aromatic rings. The number of ketones is 1. The fourth-order valence-electron chi connectivity index (χ4n) is 1.59. The Balaban J connectivity index is 2.24. The summed E-state index contributed by atoms with van der Waals surface area (Å²) in [5.74, 6) is 0.555. The number of carbonyl (C=O) groups excluding carboxylic acids is 1. The molecule has 0 saturated heterocycles. The lowest BCUT2D eigenvalue weighted by molar-refractivity contribution is 0.103. The van der Waals surface area contributed by atoms with Gasteiger partial charge in [0.25, 0.3) is 0 Å². The maximum atomic E-state index is 12.5. The highest BCUT2D eigenvalue weighted by atomic mass is 79.9. The summed E-state index contributed by atoms with van der Waals surface area (Å²) in [7, 11) is 1.61. The molecule has 0 aliphatic heterocycles. The number of benzene rings is 1. The van der Waals surface area contributed by atoms with E-state index in [0.29, 0.717) is 29.4 Å². The minimum Gasteiger partial charge on any atom is -0.490 e. The van der Waals surface area contributed by atoms with E-state index in [9.17, 15) is 4.79 Å². The van der Waals surface area contributed by atoms with Crippen molar-refractivity contribution in [2.24, 2.45) is 0 Å². The Hall–Kier alpha value is -1.17. The van der Waals surface area contributed by atoms with E-state index in [4.69, 9.17) is 9.47 Å². The lowest BCUT2D eigenvalue weighted by Crippen LogP contribution is -2.08. The number of thiophene rings is 1. The molecule has 0 bridgehead atoms. The summed E-state index contributed by atoms with van der Waals surface area (Å²) in [4.78, 5) is 13.1. The van der Waals surface area contributed by atoms with Crippen LogP contribution in [0.15, 0.2) is 40.2 Å². The second-order valence-electron chi connectivity index (χ2n) is 3.76. The normalized spacial score (nSPS) is 10.4. The van der Waals surface area contributed by atoms with Crippen LogP contribution in [0, 0.1) is 0 Å². The van der Waals surface area contributed by atoms with E-state index in [1.54, 1.807) is 19.2 Å². The number of carbonyl (C=O) groups is 1. The zero-order chi connectivity index (χ0) is 13.7. The minimum absolute atomic E-state index is 0.0325. The highest BCUT2D eigenvalue weighted by Crippen LogP contribution is 2.29. The third kappa shape index (κ3) is 3.43. The molecule has 2 rings (SSSR count). The van der Waals surface area contributed by atoms with Crippen molar-refractivity contribution in [3.8, 4) is 5.75 Å². The van der Waals surface area contributed by atoms with E-state index in [-0.39, 0.29) is 5.78 Å². The number of halogens is 1. The Morgan fingerprint density at radius 3 is 2.74 bits per heavy atom. The van der Waals surface area contributed by atoms with Gasteiger partial charge in [-0.25, -0.2) is 0 Å². The van der Waals surface area contributed by atoms with Crippen LogP contribution in [0.1, 0.15) is 15.2 Å². The van der Waals surface area contributed by atoms with Crippen molar-refractivity contribution in [1.29, 1.82) is 0 Å². The van der Waals surface area contributed by atoms with Gasteiger partial charge >= 0.3 is 0 Å². The summed E-state index contributed by atoms with van der Waals surface area (Å²) in [6.07, 6.45) is 0. The number of rotatable bonds is 6. The largest absolute Gasteiger partial charge is 0.490 e. The number of hydrogen-bond donors (Lipinski definition) is 0. The molecule has 1 aromatic carbocycles. The second kappa shape index (κ2) is 6.84. The van der Waals surface area contributed by atoms with Crippen LogP contribution in [0.4, 0.5) is 0 Å². The third-order valence-electron chi connectivity index (χ3n) is 2.50. The van der Waals surface area contributed by atoms with E-state index in [2.05, 4.69) is 15.9 Å². The molecule has 1 heterocycles. The van der Waals surface area contributed by atoms with Crippen LogP contribution < -0.4 is 4.74 Å². The first-order valence-corrected chi connectivity index (χ1v) is 7.39. The monoisotopic (exact) mass is 340 g/mol. The van der Waals surface area contributed by atoms with Crippen molar-refractivity contribution in [3.05, 3.63) is 50.6 Å². The molecule has 0 fully saturated rings. The molecule has 19 heavy (non-hydrogen) atoms. The summed E-state index contributed by atoms with van der Waals surface area (Å²) < 4.78 is 11.3. The van der Waals surface area contributed by atoms with E-state index in [1.165, 1.54) is 11.3 Å². The second-order valence-corrected chi connectivity index (χ2v) is 5.53. The molecule has 0 N–H and O–H groups in total. The zero-order valence-corrected chi connectivity index (χ0v) is 12.8. The highest BCUT2D eigenvalue weighted by molar-refractivity contribution is 9.10. The van der Waals surface area contributed by atoms with Crippen molar-refractivity contribution in [2.75, 3.05) is 20.3 Å². The van der Waals surface area contributed by atoms with Crippen LogP contribution >= 0.6 is 27.3 Å². The number of ether oxygens (including phenoxy) is 2. The molecule has 3 nitrogen and oxygen atoms in total. The maximum Gasteiger partial charge on any atom is 0.207 e. The lowest BCUT2D eigenvalue weighted by atomic mass is 10.1. The van der Waals surface area contributed by atoms with Crippen LogP contribution in [0.3, 0.4) is 0 Å². The Bertz CT molecular complexity index is 565. The van der Waals surface area contributed by atoms with Crippen molar-refractivity contribution in [2.45, 2.75) is 0 Å². The summed E-state index contributed by atoms with van der Waals surface area (Å²) >= 11 is 4.79. The quantitative estimate of drug-likeness (QED) is 0.593. The molecule has 100 valence electrons. The molecule has 0 radical (unpaired) electrons. The Labute approximate surface area is 124 Å². The van der Waals surface area contributed by atoms with Crippen LogP contribution in [0.25, 0.3) is 0 Å². The van der Waals surface area contributed by atoms with Gasteiger partial charge in [0.2, 0.25) is 5.78 Å². The summed E-state index contributed by atoms with van der Waals surface area (Å²) in [5.41, 5.74) is 0.571. The zero-order valence-electron chi connectivity index (χ0n) is 10.4. The van der Waals surface area contributed by atoms with Gasteiger partial charge in [-0.15, -0.1) is 11.3 Å². The van der Waals surface area contributed by atoms with Gasteiger partial charge in [0.05, 0.1) is 17.0 Å². The number of hydrogen-bond acceptors (Lipinski definition) is 4. The number of methoxy groups -OCH3 is 1. The molecule has 0 amide bonds. The predicted octanol–water partition coefficient (Wildman–Crippen LogP) is 3.77. The first-order valence-electron chi connectivity index (χ1n) is 5.72. The fraction of sp³-hybridized carbons (Fsp3) is 0.214. The van der Waals surface area contributed by atoms with Crippen LogP contribution in [-0.2, 0) is 4.74 Å². The molecule has 0 aliphatic rings. The molecule has 0 aliphatic carbocycles. The number of para-hydroxylation sites is 1. The molecule has 0 unspecified atom stereocenters. The lowest BCUT2D eigenvalue weighted by Gasteiger charge is -2.09. The van der Waals surface area contributed by atoms with E-state index in [1.807, 2.05) is 23.6 Å². The third-order valence-corrected chi connectivity index (χ3v) is 4.34. The van der Waals surface area contributed by atoms with Crippen molar-refractivity contribution < 1.29 is 14.3 Å². The topological polar surface area (TPSA) is 35.5 Å². The van der Waals surface area contributed by atoms with Crippen LogP contribution in [-0.4, -0.2) is 26.1 Å². The van der Waals surface area contributed by atoms with Gasteiger partial charge in [-0.1, -0.05) is 12.1 Å². The Morgan fingerprint density at radius 2 is 2.05 bits per heavy atom. The average Bonchev–Trinajstić information content (AvgIpc) is 2.85. The summed E-state index contributed by atoms with van der Waals surface area (Å²) in [6, 6.07) is 9.12. The average molecular weight is 341 g/mol. The standard InChI is InChI=1S/C14H13BrO3S/c1-17-7-8-18-12-5-3-2-4-10(12)13(16)14-11(15)6-9-19-14/h2-6,9H,7-8H2,1H3. The SMILES string of the molecule is COCCOc1ccccc1C(=O)c1sccc1Br. The first kappa shape index (κ1) is 14.2. The van der Waals surface area contributed by atoms with Crippen molar-refractivity contribution >= 4 is 33.0 Å². The summed E-state index contributed by atoms with van der Waals surface area (Å²) in [6.45, 7) is 0.914. The molecule has 1 aromatic heterocycles. The van der Waals surface area contributed by atoms with Gasteiger partial charge in [-0.2, -0.15) is 0 Å². The Kier molecular flexibility index (Phi) is 5.13. The molecule has 5 heteroatoms. The van der Waals surface area contributed by atoms with Gasteiger partial charge in [0, 0.05) is 11.6 Å². The molecule has 0 atom stereocenters. The maximum absolute atomic E-state index is 12.5. The van der Waals surface area contributed by atoms with Gasteiger partial charge in [-0.3, -0.25) is 4.79 Å². The van der Waals surface area contributed by atoms with Gasteiger partial charge in [0.15, 0.2) is 0 Å². The summed E-state index contributed by atoms with van der Waals surface area (Å²) in [5, 5.41) is 1.88. The van der Waals surface area contributed by atoms with Crippen LogP contribution in [0.5, 0.6) is 5.75 Å². The van der Waals surface area contributed by atoms with Crippen molar-refractivity contribution in [3.63, 3.8) is 0 Å². The molecular formula is C14H13BrO3S. The van der Waals surface area contributed by atoms with Gasteiger partial charge in [-0.05, 0) is 39.5 Å². The highest BCUT2D eigenvalue weighted by Gasteiger charge is 2.17. The van der Waals surface area contributed by atoms with Crippen LogP contribution in [0.2, 0.25) is 0 Å². The van der Waals surface area contributed by atoms with Gasteiger partial charge < -0.3 is 9.47 Å². The van der Waals surface area contributed by atoms with Gasteiger partial charge in [0.1, 0.15) is 12.4 Å². The molecular weight excluding hydrogens is 328 g/mol. The smallest absolute Gasteiger partial charge is 0.207 e. The predicted molar refractivity (Wildman–Crippen MR) is 79.3 cm³/mol. The fourth-order valence-corrected chi connectivity index (χ4v) is 3.10. The molecule has 0 saturated carbocycles. The molecule has 0 spiro atoms. The first-order chi connectivity index (χ1) is 9.24.